The molecule has 1 heterocycles. The quantitative estimate of drug-likeness (QED) is 0.435. The molecule has 0 amide bonds. The molecule has 8 heavy (non-hydrogen) atoms. The molecular weight excluding hydrogens is 102 g/mol. The predicted octanol–water partition coefficient (Wildman–Crippen LogP) is -0.723. The Morgan fingerprint density at radius 2 is 2.62 bits per heavy atom. The van der Waals surface area contributed by atoms with Crippen LogP contribution in [0.5, 0.6) is 0 Å². The van der Waals surface area contributed by atoms with Crippen molar-refractivity contribution in [1.82, 2.24) is 10.2 Å². The van der Waals surface area contributed by atoms with E-state index in [-0.39, 0.29) is 6.29 Å². The lowest BCUT2D eigenvalue weighted by molar-refractivity contribution is 0.276. The lowest BCUT2D eigenvalue weighted by Crippen LogP contribution is -2.50. The van der Waals surface area contributed by atoms with E-state index < -0.39 is 0 Å². The maximum absolute atomic E-state index is 5.54. The predicted molar refractivity (Wildman–Crippen MR) is 32.9 cm³/mol. The molecule has 0 spiro atoms. The molecular formula is C5H11N3. The van der Waals surface area contributed by atoms with Crippen LogP contribution in [-0.2, 0) is 0 Å². The molecule has 0 saturated heterocycles. The zero-order chi connectivity index (χ0) is 5.98. The van der Waals surface area contributed by atoms with Gasteiger partial charge in [0.05, 0.1) is 0 Å². The third-order valence-electron chi connectivity index (χ3n) is 1.22. The van der Waals surface area contributed by atoms with E-state index in [1.165, 1.54) is 0 Å². The van der Waals surface area contributed by atoms with Gasteiger partial charge in [0.15, 0.2) is 0 Å². The molecule has 1 atom stereocenters. The normalized spacial score (nSPS) is 28.8. The van der Waals surface area contributed by atoms with Gasteiger partial charge in [-0.2, -0.15) is 0 Å². The van der Waals surface area contributed by atoms with E-state index >= 15 is 0 Å². The first-order chi connectivity index (χ1) is 3.80. The smallest absolute Gasteiger partial charge is 0.131 e. The van der Waals surface area contributed by atoms with E-state index in [2.05, 4.69) is 5.32 Å². The van der Waals surface area contributed by atoms with E-state index in [0.29, 0.717) is 0 Å². The molecule has 0 aromatic rings. The highest BCUT2D eigenvalue weighted by Crippen LogP contribution is 1.90. The Bertz CT molecular complexity index is 99.8. The Balaban J connectivity index is 2.47. The first-order valence-electron chi connectivity index (χ1n) is 2.68. The van der Waals surface area contributed by atoms with Crippen molar-refractivity contribution in [1.29, 1.82) is 0 Å². The summed E-state index contributed by atoms with van der Waals surface area (Å²) in [7, 11) is 1.94. The number of rotatable bonds is 0. The maximum Gasteiger partial charge on any atom is 0.131 e. The Morgan fingerprint density at radius 1 is 1.88 bits per heavy atom. The molecule has 0 fully saturated rings. The molecule has 0 radical (unpaired) electrons. The van der Waals surface area contributed by atoms with Crippen LogP contribution in [0.4, 0.5) is 0 Å². The highest BCUT2D eigenvalue weighted by Gasteiger charge is 2.05. The van der Waals surface area contributed by atoms with Crippen molar-refractivity contribution >= 4 is 0 Å². The molecule has 0 saturated carbocycles. The molecule has 1 aliphatic heterocycles. The van der Waals surface area contributed by atoms with Gasteiger partial charge >= 0.3 is 0 Å². The molecule has 3 heteroatoms. The van der Waals surface area contributed by atoms with Gasteiger partial charge in [-0.05, 0) is 6.20 Å². The van der Waals surface area contributed by atoms with Gasteiger partial charge in [0.1, 0.15) is 6.29 Å². The number of nitrogens with two attached hydrogens (primary N) is 1. The molecule has 0 aliphatic carbocycles. The second kappa shape index (κ2) is 2.15. The van der Waals surface area contributed by atoms with E-state index in [1.807, 2.05) is 24.2 Å². The molecule has 3 N–H and O–H groups in total. The number of hydrogen-bond donors (Lipinski definition) is 2. The highest BCUT2D eigenvalue weighted by molar-refractivity contribution is 4.89. The largest absolute Gasteiger partial charge is 0.354 e. The summed E-state index contributed by atoms with van der Waals surface area (Å²) in [6.07, 6.45) is 4.00. The van der Waals surface area contributed by atoms with Crippen LogP contribution in [-0.4, -0.2) is 24.8 Å². The first kappa shape index (κ1) is 5.59. The van der Waals surface area contributed by atoms with E-state index in [4.69, 9.17) is 5.73 Å². The summed E-state index contributed by atoms with van der Waals surface area (Å²) in [6, 6.07) is 0. The lowest BCUT2D eigenvalue weighted by Gasteiger charge is -2.26. The van der Waals surface area contributed by atoms with E-state index in [9.17, 15) is 0 Å². The van der Waals surface area contributed by atoms with Gasteiger partial charge in [0.25, 0.3) is 0 Å². The molecule has 0 aromatic heterocycles. The van der Waals surface area contributed by atoms with Crippen LogP contribution in [0.2, 0.25) is 0 Å². The van der Waals surface area contributed by atoms with Gasteiger partial charge in [-0.25, -0.2) is 0 Å². The monoisotopic (exact) mass is 113 g/mol. The topological polar surface area (TPSA) is 41.3 Å². The summed E-state index contributed by atoms with van der Waals surface area (Å²) >= 11 is 0. The standard InChI is InChI=1S/C5H11N3/c1-8-4-2-3-7-5(8)6/h2,4-5,7H,3,6H2,1H3. The van der Waals surface area contributed by atoms with Crippen molar-refractivity contribution in [3.8, 4) is 0 Å². The lowest BCUT2D eigenvalue weighted by atomic mass is 10.5. The second-order valence-electron chi connectivity index (χ2n) is 1.90. The van der Waals surface area contributed by atoms with Crippen LogP contribution < -0.4 is 11.1 Å². The molecule has 1 rings (SSSR count). The van der Waals surface area contributed by atoms with E-state index in [1.54, 1.807) is 0 Å². The van der Waals surface area contributed by atoms with Gasteiger partial charge in [0.2, 0.25) is 0 Å². The summed E-state index contributed by atoms with van der Waals surface area (Å²) in [6.45, 7) is 0.880. The summed E-state index contributed by atoms with van der Waals surface area (Å²) in [5.74, 6) is 0. The van der Waals surface area contributed by atoms with Crippen LogP contribution in [0, 0.1) is 0 Å². The fourth-order valence-corrected chi connectivity index (χ4v) is 0.644. The Kier molecular flexibility index (Phi) is 1.50. The SMILES string of the molecule is CN1C=CCNC1N. The van der Waals surface area contributed by atoms with Crippen LogP contribution in [0.1, 0.15) is 0 Å². The number of nitrogens with one attached hydrogen (secondary N) is 1. The fourth-order valence-electron chi connectivity index (χ4n) is 0.644. The fraction of sp³-hybridized carbons (Fsp3) is 0.600. The maximum atomic E-state index is 5.54. The van der Waals surface area contributed by atoms with Gasteiger partial charge in [0, 0.05) is 13.6 Å². The Morgan fingerprint density at radius 3 is 3.00 bits per heavy atom. The van der Waals surface area contributed by atoms with Crippen LogP contribution in [0.15, 0.2) is 12.3 Å². The van der Waals surface area contributed by atoms with Crippen molar-refractivity contribution in [3.63, 3.8) is 0 Å². The third kappa shape index (κ3) is 0.993. The first-order valence-corrected chi connectivity index (χ1v) is 2.68. The van der Waals surface area contributed by atoms with Crippen LogP contribution in [0.25, 0.3) is 0 Å². The van der Waals surface area contributed by atoms with Gasteiger partial charge in [-0.1, -0.05) is 6.08 Å². The average molecular weight is 113 g/mol. The minimum Gasteiger partial charge on any atom is -0.354 e. The minimum atomic E-state index is -0.000000000000000222. The molecule has 1 unspecified atom stereocenters. The summed E-state index contributed by atoms with van der Waals surface area (Å²) in [5.41, 5.74) is 5.54. The van der Waals surface area contributed by atoms with Gasteiger partial charge in [-0.15, -0.1) is 0 Å². The molecule has 3 nitrogen and oxygen atoms in total. The van der Waals surface area contributed by atoms with Crippen molar-refractivity contribution in [3.05, 3.63) is 12.3 Å². The third-order valence-corrected chi connectivity index (χ3v) is 1.22. The zero-order valence-corrected chi connectivity index (χ0v) is 4.96. The van der Waals surface area contributed by atoms with Crippen molar-refractivity contribution in [2.75, 3.05) is 13.6 Å². The van der Waals surface area contributed by atoms with Crippen LogP contribution in [0.3, 0.4) is 0 Å². The summed E-state index contributed by atoms with van der Waals surface area (Å²) in [4.78, 5) is 1.92. The van der Waals surface area contributed by atoms with Crippen molar-refractivity contribution < 1.29 is 0 Å². The summed E-state index contributed by atoms with van der Waals surface area (Å²) in [5, 5.41) is 3.05. The minimum absolute atomic E-state index is 0.000000000000000222. The highest BCUT2D eigenvalue weighted by atomic mass is 15.3. The average Bonchev–Trinajstić information content (AvgIpc) is 1.77. The van der Waals surface area contributed by atoms with Crippen molar-refractivity contribution in [2.45, 2.75) is 6.29 Å². The van der Waals surface area contributed by atoms with Crippen molar-refractivity contribution in [2.24, 2.45) is 5.73 Å². The molecule has 46 valence electrons. The Labute approximate surface area is 49.2 Å². The number of hydrogen-bond acceptors (Lipinski definition) is 3. The molecule has 0 bridgehead atoms. The number of nitrogens with zero attached hydrogens (tertiary/aromatic N) is 1. The van der Waals surface area contributed by atoms with E-state index in [0.717, 1.165) is 6.54 Å². The molecule has 0 aromatic carbocycles. The van der Waals surface area contributed by atoms with Gasteiger partial charge in [-0.3, -0.25) is 11.1 Å². The Hall–Kier alpha value is -0.540. The second-order valence-corrected chi connectivity index (χ2v) is 1.90. The molecule has 1 aliphatic rings. The summed E-state index contributed by atoms with van der Waals surface area (Å²) < 4.78 is 0. The zero-order valence-electron chi connectivity index (χ0n) is 4.96. The van der Waals surface area contributed by atoms with Crippen LogP contribution >= 0.6 is 0 Å². The van der Waals surface area contributed by atoms with Gasteiger partial charge < -0.3 is 4.90 Å².